The monoisotopic (exact) mass is 285 g/mol. The number of sulfone groups is 1. The van der Waals surface area contributed by atoms with E-state index in [-0.39, 0.29) is 5.75 Å². The average Bonchev–Trinajstić information content (AvgIpc) is 3.08. The van der Waals surface area contributed by atoms with Gasteiger partial charge in [-0.3, -0.25) is 0 Å². The van der Waals surface area contributed by atoms with Crippen LogP contribution >= 0.6 is 0 Å². The molecule has 19 heavy (non-hydrogen) atoms. The zero-order chi connectivity index (χ0) is 14.3. The summed E-state index contributed by atoms with van der Waals surface area (Å²) in [7, 11) is -2.33. The zero-order valence-electron chi connectivity index (χ0n) is 10.4. The van der Waals surface area contributed by atoms with Crippen LogP contribution in [-0.2, 0) is 20.2 Å². The number of benzene rings is 1. The second-order valence-electron chi connectivity index (χ2n) is 4.49. The predicted octanol–water partition coefficient (Wildman–Crippen LogP) is 1.56. The molecule has 1 saturated carbocycles. The number of hydrogen-bond acceptors (Lipinski definition) is 5. The van der Waals surface area contributed by atoms with Crippen molar-refractivity contribution < 1.29 is 22.3 Å². The maximum atomic E-state index is 13.9. The molecule has 0 spiro atoms. The molecule has 7 heteroatoms. The van der Waals surface area contributed by atoms with Crippen molar-refractivity contribution in [3.63, 3.8) is 0 Å². The van der Waals surface area contributed by atoms with Crippen molar-refractivity contribution in [1.29, 1.82) is 0 Å². The Hall–Kier alpha value is -1.72. The summed E-state index contributed by atoms with van der Waals surface area (Å²) >= 11 is 0. The fourth-order valence-corrected chi connectivity index (χ4v) is 2.73. The second kappa shape index (κ2) is 4.43. The average molecular weight is 285 g/mol. The van der Waals surface area contributed by atoms with Crippen LogP contribution in [0.3, 0.4) is 0 Å². The predicted molar refractivity (Wildman–Crippen MR) is 65.1 cm³/mol. The van der Waals surface area contributed by atoms with Crippen LogP contribution in [0.2, 0.25) is 0 Å². The van der Waals surface area contributed by atoms with Gasteiger partial charge in [-0.25, -0.2) is 17.6 Å². The first kappa shape index (κ1) is 13.7. The number of hydrogen-bond donors (Lipinski definition) is 0. The van der Waals surface area contributed by atoms with E-state index >= 15 is 0 Å². The van der Waals surface area contributed by atoms with Gasteiger partial charge >= 0.3 is 0 Å². The second-order valence-corrected chi connectivity index (χ2v) is 6.47. The Morgan fingerprint density at radius 3 is 2.47 bits per heavy atom. The van der Waals surface area contributed by atoms with E-state index in [0.29, 0.717) is 18.4 Å². The quantitative estimate of drug-likeness (QED) is 0.621. The minimum Gasteiger partial charge on any atom is -0.496 e. The van der Waals surface area contributed by atoms with Gasteiger partial charge < -0.3 is 4.74 Å². The number of rotatable bonds is 4. The van der Waals surface area contributed by atoms with Crippen LogP contribution in [0.5, 0.6) is 5.75 Å². The van der Waals surface area contributed by atoms with E-state index in [1.165, 1.54) is 13.2 Å². The first-order valence-corrected chi connectivity index (χ1v) is 7.40. The third-order valence-electron chi connectivity index (χ3n) is 3.14. The van der Waals surface area contributed by atoms with Crippen LogP contribution in [0.25, 0.3) is 0 Å². The van der Waals surface area contributed by atoms with Crippen molar-refractivity contribution in [2.75, 3.05) is 13.4 Å². The molecule has 0 radical (unpaired) electrons. The third-order valence-corrected chi connectivity index (χ3v) is 4.25. The number of aliphatic imine (C=N–C) groups is 1. The van der Waals surface area contributed by atoms with E-state index < -0.39 is 26.1 Å². The number of isocyanates is 1. The lowest BCUT2D eigenvalue weighted by Crippen LogP contribution is -2.09. The van der Waals surface area contributed by atoms with Gasteiger partial charge in [0.25, 0.3) is 0 Å². The normalized spacial score (nSPS) is 16.6. The number of ether oxygens (including phenoxy) is 1. The first-order chi connectivity index (χ1) is 8.84. The summed E-state index contributed by atoms with van der Waals surface area (Å²) in [5.41, 5.74) is -0.437. The molecule has 1 fully saturated rings. The lowest BCUT2D eigenvalue weighted by molar-refractivity contribution is 0.400. The molecular formula is C12H12FNO4S. The largest absolute Gasteiger partial charge is 0.496 e. The van der Waals surface area contributed by atoms with E-state index in [1.54, 1.807) is 0 Å². The van der Waals surface area contributed by atoms with Crippen LogP contribution in [0.15, 0.2) is 22.0 Å². The van der Waals surface area contributed by atoms with Crippen molar-refractivity contribution in [2.45, 2.75) is 23.3 Å². The summed E-state index contributed by atoms with van der Waals surface area (Å²) in [6.45, 7) is 0. The fourth-order valence-electron chi connectivity index (χ4n) is 2.00. The molecule has 0 N–H and O–H groups in total. The molecule has 0 unspecified atom stereocenters. The van der Waals surface area contributed by atoms with Gasteiger partial charge in [0.15, 0.2) is 9.84 Å². The molecule has 1 aliphatic carbocycles. The van der Waals surface area contributed by atoms with Crippen LogP contribution in [0.1, 0.15) is 18.4 Å². The van der Waals surface area contributed by atoms with Gasteiger partial charge in [-0.15, -0.1) is 0 Å². The molecule has 0 saturated heterocycles. The van der Waals surface area contributed by atoms with Crippen molar-refractivity contribution in [3.8, 4) is 5.75 Å². The van der Waals surface area contributed by atoms with Gasteiger partial charge in [0.2, 0.25) is 6.08 Å². The summed E-state index contributed by atoms with van der Waals surface area (Å²) in [4.78, 5) is 13.7. The topological polar surface area (TPSA) is 72.8 Å². The number of nitrogens with zero attached hydrogens (tertiary/aromatic N) is 1. The zero-order valence-corrected chi connectivity index (χ0v) is 11.3. The SMILES string of the molecule is COc1cc(S(C)(=O)=O)c(F)cc1C1(N=C=O)CC1. The highest BCUT2D eigenvalue weighted by atomic mass is 32.2. The van der Waals surface area contributed by atoms with Gasteiger partial charge in [0.05, 0.1) is 7.11 Å². The Balaban J connectivity index is 2.65. The standard InChI is InChI=1S/C12H12FNO4S/c1-18-10-6-11(19(2,16)17)9(13)5-8(10)12(3-4-12)14-7-15/h5-6H,3-4H2,1-2H3. The minimum atomic E-state index is -3.68. The highest BCUT2D eigenvalue weighted by molar-refractivity contribution is 7.90. The van der Waals surface area contributed by atoms with Gasteiger partial charge in [0.1, 0.15) is 22.0 Å². The van der Waals surface area contributed by atoms with Gasteiger partial charge in [-0.05, 0) is 18.9 Å². The van der Waals surface area contributed by atoms with Crippen LogP contribution in [0, 0.1) is 5.82 Å². The molecule has 0 heterocycles. The lowest BCUT2D eigenvalue weighted by atomic mass is 10.0. The molecule has 1 aromatic carbocycles. The molecule has 1 aliphatic rings. The van der Waals surface area contributed by atoms with Gasteiger partial charge in [-0.1, -0.05) is 0 Å². The molecule has 0 aromatic heterocycles. The summed E-state index contributed by atoms with van der Waals surface area (Å²) < 4.78 is 41.9. The molecule has 0 amide bonds. The van der Waals surface area contributed by atoms with Crippen molar-refractivity contribution >= 4 is 15.9 Å². The van der Waals surface area contributed by atoms with Gasteiger partial charge in [0, 0.05) is 17.9 Å². The summed E-state index contributed by atoms with van der Waals surface area (Å²) in [6.07, 6.45) is 3.54. The number of methoxy groups -OCH3 is 1. The Morgan fingerprint density at radius 1 is 1.42 bits per heavy atom. The molecule has 0 atom stereocenters. The van der Waals surface area contributed by atoms with Crippen molar-refractivity contribution in [1.82, 2.24) is 0 Å². The van der Waals surface area contributed by atoms with E-state index in [4.69, 9.17) is 4.74 Å². The highest BCUT2D eigenvalue weighted by Crippen LogP contribution is 2.52. The van der Waals surface area contributed by atoms with Crippen LogP contribution in [-0.4, -0.2) is 27.9 Å². The molecule has 0 aliphatic heterocycles. The molecule has 102 valence electrons. The summed E-state index contributed by atoms with van der Waals surface area (Å²) in [5, 5.41) is 0. The fraction of sp³-hybridized carbons (Fsp3) is 0.417. The van der Waals surface area contributed by atoms with E-state index in [1.807, 2.05) is 0 Å². The maximum absolute atomic E-state index is 13.9. The molecule has 5 nitrogen and oxygen atoms in total. The van der Waals surface area contributed by atoms with Crippen molar-refractivity contribution in [2.24, 2.45) is 4.99 Å². The van der Waals surface area contributed by atoms with E-state index in [0.717, 1.165) is 18.4 Å². The Kier molecular flexibility index (Phi) is 3.20. The lowest BCUT2D eigenvalue weighted by Gasteiger charge is -2.15. The van der Waals surface area contributed by atoms with Crippen molar-refractivity contribution in [3.05, 3.63) is 23.5 Å². The Bertz CT molecular complexity index is 673. The van der Waals surface area contributed by atoms with E-state index in [9.17, 15) is 17.6 Å². The molecular weight excluding hydrogens is 273 g/mol. The third kappa shape index (κ3) is 2.39. The van der Waals surface area contributed by atoms with Crippen LogP contribution in [0.4, 0.5) is 4.39 Å². The smallest absolute Gasteiger partial charge is 0.235 e. The highest BCUT2D eigenvalue weighted by Gasteiger charge is 2.47. The minimum absolute atomic E-state index is 0.207. The Morgan fingerprint density at radius 2 is 2.05 bits per heavy atom. The first-order valence-electron chi connectivity index (χ1n) is 5.51. The number of carbonyl (C=O) groups excluding carboxylic acids is 1. The van der Waals surface area contributed by atoms with Crippen LogP contribution < -0.4 is 4.74 Å². The molecule has 0 bridgehead atoms. The Labute approximate surface area is 110 Å². The molecule has 1 aromatic rings. The summed E-state index contributed by atoms with van der Waals surface area (Å²) in [6, 6.07) is 2.20. The maximum Gasteiger partial charge on any atom is 0.235 e. The summed E-state index contributed by atoms with van der Waals surface area (Å²) in [5.74, 6) is -0.663. The number of halogens is 1. The van der Waals surface area contributed by atoms with E-state index in [2.05, 4.69) is 4.99 Å². The molecule has 2 rings (SSSR count). The van der Waals surface area contributed by atoms with Gasteiger partial charge in [-0.2, -0.15) is 4.99 Å².